The summed E-state index contributed by atoms with van der Waals surface area (Å²) in [6.45, 7) is 2.30. The Kier molecular flexibility index (Phi) is 5.08. The van der Waals surface area contributed by atoms with Crippen LogP contribution in [0.4, 0.5) is 5.95 Å². The maximum absolute atomic E-state index is 4.49. The second-order valence-corrected chi connectivity index (χ2v) is 5.80. The summed E-state index contributed by atoms with van der Waals surface area (Å²) >= 11 is 0. The molecule has 0 radical (unpaired) electrons. The summed E-state index contributed by atoms with van der Waals surface area (Å²) in [7, 11) is 2.15. The fourth-order valence-corrected chi connectivity index (χ4v) is 3.42. The first-order valence-corrected chi connectivity index (χ1v) is 7.50. The average Bonchev–Trinajstić information content (AvgIpc) is 2.83. The van der Waals surface area contributed by atoms with Crippen LogP contribution in [0.3, 0.4) is 0 Å². The van der Waals surface area contributed by atoms with Crippen LogP contribution in [-0.4, -0.2) is 27.9 Å². The molecule has 3 rings (SSSR count). The molecule has 2 fully saturated rings. The van der Waals surface area contributed by atoms with Crippen molar-refractivity contribution in [2.75, 3.05) is 18.0 Å². The van der Waals surface area contributed by atoms with Gasteiger partial charge in [0.05, 0.1) is 0 Å². The molecule has 0 atom stereocenters. The van der Waals surface area contributed by atoms with Gasteiger partial charge in [0, 0.05) is 26.1 Å². The second kappa shape index (κ2) is 6.60. The molecule has 2 heterocycles. The van der Waals surface area contributed by atoms with Crippen LogP contribution in [-0.2, 0) is 7.05 Å². The van der Waals surface area contributed by atoms with Crippen molar-refractivity contribution < 1.29 is 0 Å². The van der Waals surface area contributed by atoms with E-state index in [9.17, 15) is 0 Å². The van der Waals surface area contributed by atoms with Crippen LogP contribution >= 0.6 is 12.4 Å². The van der Waals surface area contributed by atoms with Crippen molar-refractivity contribution in [2.45, 2.75) is 57.3 Å². The Hall–Kier alpha value is -0.770. The van der Waals surface area contributed by atoms with Crippen LogP contribution in [0.25, 0.3) is 0 Å². The minimum absolute atomic E-state index is 0. The third-order valence-electron chi connectivity index (χ3n) is 4.49. The van der Waals surface area contributed by atoms with Crippen LogP contribution < -0.4 is 4.90 Å². The molecule has 1 saturated heterocycles. The molecule has 0 aromatic carbocycles. The third-order valence-corrected chi connectivity index (χ3v) is 4.49. The van der Waals surface area contributed by atoms with Crippen molar-refractivity contribution in [3.05, 3.63) is 5.82 Å². The summed E-state index contributed by atoms with van der Waals surface area (Å²) in [5.41, 5.74) is 0. The SMILES string of the molecule is Cl.Cn1c(C2CCCCC2)nnc1N1CCCCC1. The first-order chi connectivity index (χ1) is 8.86. The van der Waals surface area contributed by atoms with Gasteiger partial charge in [-0.25, -0.2) is 0 Å². The van der Waals surface area contributed by atoms with Gasteiger partial charge in [0.15, 0.2) is 0 Å². The molecular formula is C14H25ClN4. The summed E-state index contributed by atoms with van der Waals surface area (Å²) in [6, 6.07) is 0. The fraction of sp³-hybridized carbons (Fsp3) is 0.857. The van der Waals surface area contributed by atoms with Crippen LogP contribution in [0.5, 0.6) is 0 Å². The molecule has 0 bridgehead atoms. The van der Waals surface area contributed by atoms with Gasteiger partial charge in [0.2, 0.25) is 5.95 Å². The van der Waals surface area contributed by atoms with E-state index in [2.05, 4.69) is 26.7 Å². The van der Waals surface area contributed by atoms with Gasteiger partial charge in [-0.3, -0.25) is 0 Å². The van der Waals surface area contributed by atoms with Crippen molar-refractivity contribution in [2.24, 2.45) is 7.05 Å². The molecule has 108 valence electrons. The number of rotatable bonds is 2. The van der Waals surface area contributed by atoms with Gasteiger partial charge in [-0.2, -0.15) is 0 Å². The number of hydrogen-bond acceptors (Lipinski definition) is 3. The van der Waals surface area contributed by atoms with Crippen molar-refractivity contribution in [3.8, 4) is 0 Å². The number of hydrogen-bond donors (Lipinski definition) is 0. The summed E-state index contributed by atoms with van der Waals surface area (Å²) in [5.74, 6) is 2.96. The standard InChI is InChI=1S/C14H24N4.ClH/c1-17-13(12-8-4-2-5-9-12)15-16-14(17)18-10-6-3-7-11-18;/h12H,2-11H2,1H3;1H. The Balaban J connectivity index is 0.00000133. The molecule has 0 amide bonds. The quantitative estimate of drug-likeness (QED) is 0.836. The topological polar surface area (TPSA) is 34.0 Å². The maximum Gasteiger partial charge on any atom is 0.226 e. The third kappa shape index (κ3) is 3.04. The van der Waals surface area contributed by atoms with Crippen LogP contribution in [0, 0.1) is 0 Å². The first-order valence-electron chi connectivity index (χ1n) is 7.50. The Morgan fingerprint density at radius 3 is 2.21 bits per heavy atom. The van der Waals surface area contributed by atoms with E-state index in [4.69, 9.17) is 0 Å². The molecule has 1 aliphatic carbocycles. The maximum atomic E-state index is 4.49. The second-order valence-electron chi connectivity index (χ2n) is 5.80. The summed E-state index contributed by atoms with van der Waals surface area (Å²) in [4.78, 5) is 2.41. The zero-order chi connectivity index (χ0) is 12.4. The summed E-state index contributed by atoms with van der Waals surface area (Å²) < 4.78 is 2.25. The number of halogens is 1. The van der Waals surface area contributed by atoms with Crippen LogP contribution in [0.1, 0.15) is 63.1 Å². The molecule has 0 spiro atoms. The van der Waals surface area contributed by atoms with E-state index in [0.717, 1.165) is 19.0 Å². The highest BCUT2D eigenvalue weighted by Gasteiger charge is 2.24. The average molecular weight is 285 g/mol. The van der Waals surface area contributed by atoms with E-state index >= 15 is 0 Å². The highest BCUT2D eigenvalue weighted by Crippen LogP contribution is 2.32. The van der Waals surface area contributed by atoms with Crippen molar-refractivity contribution in [1.29, 1.82) is 0 Å². The van der Waals surface area contributed by atoms with Gasteiger partial charge < -0.3 is 9.47 Å². The monoisotopic (exact) mass is 284 g/mol. The normalized spacial score (nSPS) is 21.2. The largest absolute Gasteiger partial charge is 0.341 e. The molecule has 4 nitrogen and oxygen atoms in total. The molecule has 1 saturated carbocycles. The lowest BCUT2D eigenvalue weighted by atomic mass is 9.89. The van der Waals surface area contributed by atoms with E-state index in [1.807, 2.05) is 0 Å². The Bertz CT molecular complexity index is 357. The number of piperidine rings is 1. The van der Waals surface area contributed by atoms with E-state index in [-0.39, 0.29) is 12.4 Å². The predicted molar refractivity (Wildman–Crippen MR) is 80.1 cm³/mol. The van der Waals surface area contributed by atoms with Crippen LogP contribution in [0.2, 0.25) is 0 Å². The number of nitrogens with zero attached hydrogens (tertiary/aromatic N) is 4. The molecule has 1 aliphatic heterocycles. The predicted octanol–water partition coefficient (Wildman–Crippen LogP) is 3.27. The highest BCUT2D eigenvalue weighted by atomic mass is 35.5. The molecule has 1 aromatic rings. The molecular weight excluding hydrogens is 260 g/mol. The van der Waals surface area contributed by atoms with Gasteiger partial charge in [0.25, 0.3) is 0 Å². The highest BCUT2D eigenvalue weighted by molar-refractivity contribution is 5.85. The van der Waals surface area contributed by atoms with Gasteiger partial charge in [-0.05, 0) is 32.1 Å². The zero-order valence-corrected chi connectivity index (χ0v) is 12.7. The fourth-order valence-electron chi connectivity index (χ4n) is 3.42. The van der Waals surface area contributed by atoms with E-state index in [1.54, 1.807) is 0 Å². The molecule has 19 heavy (non-hydrogen) atoms. The lowest BCUT2D eigenvalue weighted by Gasteiger charge is -2.27. The van der Waals surface area contributed by atoms with Crippen LogP contribution in [0.15, 0.2) is 0 Å². The molecule has 1 aromatic heterocycles. The van der Waals surface area contributed by atoms with E-state index in [0.29, 0.717) is 5.92 Å². The lowest BCUT2D eigenvalue weighted by Crippen LogP contribution is -2.31. The number of anilines is 1. The first kappa shape index (κ1) is 14.6. The van der Waals surface area contributed by atoms with Crippen molar-refractivity contribution in [1.82, 2.24) is 14.8 Å². The minimum atomic E-state index is 0. The van der Waals surface area contributed by atoms with Crippen molar-refractivity contribution >= 4 is 18.4 Å². The molecule has 0 unspecified atom stereocenters. The summed E-state index contributed by atoms with van der Waals surface area (Å²) in [6.07, 6.45) is 10.7. The molecule has 2 aliphatic rings. The Morgan fingerprint density at radius 2 is 1.53 bits per heavy atom. The van der Waals surface area contributed by atoms with Gasteiger partial charge in [-0.1, -0.05) is 19.3 Å². The molecule has 0 N–H and O–H groups in total. The van der Waals surface area contributed by atoms with Crippen molar-refractivity contribution in [3.63, 3.8) is 0 Å². The van der Waals surface area contributed by atoms with Gasteiger partial charge in [-0.15, -0.1) is 22.6 Å². The Morgan fingerprint density at radius 1 is 0.895 bits per heavy atom. The molecule has 5 heteroatoms. The van der Waals surface area contributed by atoms with E-state index < -0.39 is 0 Å². The summed E-state index contributed by atoms with van der Waals surface area (Å²) in [5, 5.41) is 8.94. The zero-order valence-electron chi connectivity index (χ0n) is 11.8. The van der Waals surface area contributed by atoms with Gasteiger partial charge >= 0.3 is 0 Å². The smallest absolute Gasteiger partial charge is 0.226 e. The number of aromatic nitrogens is 3. The lowest BCUT2D eigenvalue weighted by molar-refractivity contribution is 0.420. The minimum Gasteiger partial charge on any atom is -0.341 e. The Labute approximate surface area is 122 Å². The van der Waals surface area contributed by atoms with Gasteiger partial charge in [0.1, 0.15) is 5.82 Å². The van der Waals surface area contributed by atoms with E-state index in [1.165, 1.54) is 57.2 Å².